The van der Waals surface area contributed by atoms with Crippen LogP contribution >= 0.6 is 11.8 Å². The Morgan fingerprint density at radius 1 is 1.00 bits per heavy atom. The zero-order valence-corrected chi connectivity index (χ0v) is 14.9. The van der Waals surface area contributed by atoms with Crippen LogP contribution in [0.15, 0.2) is 69.1 Å². The summed E-state index contributed by atoms with van der Waals surface area (Å²) in [4.78, 5) is 37.5. The number of hydrogen-bond donors (Lipinski definition) is 2. The molecule has 0 atom stereocenters. The number of fused-ring (bicyclic) bond motifs is 1. The number of carbonyl (C=O) groups excluding carboxylic acids is 1. The summed E-state index contributed by atoms with van der Waals surface area (Å²) < 4.78 is 1.20. The lowest BCUT2D eigenvalue weighted by Crippen LogP contribution is -2.33. The number of nitrogens with zero attached hydrogens (tertiary/aromatic N) is 1. The summed E-state index contributed by atoms with van der Waals surface area (Å²) in [5.41, 5.74) is -0.632. The number of aromatic nitrogens is 2. The zero-order valence-electron chi connectivity index (χ0n) is 14.1. The van der Waals surface area contributed by atoms with Crippen molar-refractivity contribution in [1.82, 2.24) is 15.1 Å². The fourth-order valence-corrected chi connectivity index (χ4v) is 3.37. The second-order valence-corrected chi connectivity index (χ2v) is 6.87. The van der Waals surface area contributed by atoms with Gasteiger partial charge in [-0.15, -0.1) is 11.8 Å². The van der Waals surface area contributed by atoms with E-state index in [1.165, 1.54) is 4.68 Å². The summed E-state index contributed by atoms with van der Waals surface area (Å²) >= 11 is 1.67. The molecule has 7 heteroatoms. The van der Waals surface area contributed by atoms with Crippen molar-refractivity contribution in [3.63, 3.8) is 0 Å². The number of aromatic amines is 1. The van der Waals surface area contributed by atoms with Crippen LogP contribution in [0.2, 0.25) is 0 Å². The minimum Gasteiger partial charge on any atom is -0.355 e. The van der Waals surface area contributed by atoms with Gasteiger partial charge in [-0.2, -0.15) is 0 Å². The molecule has 1 aromatic heterocycles. The van der Waals surface area contributed by atoms with Gasteiger partial charge in [0.2, 0.25) is 5.91 Å². The van der Waals surface area contributed by atoms with Crippen molar-refractivity contribution in [2.24, 2.45) is 0 Å². The van der Waals surface area contributed by atoms with E-state index in [2.05, 4.69) is 10.4 Å². The summed E-state index contributed by atoms with van der Waals surface area (Å²) in [5.74, 6) is 0.613. The molecule has 0 saturated carbocycles. The molecule has 0 bridgehead atoms. The lowest BCUT2D eigenvalue weighted by molar-refractivity contribution is -0.121. The number of benzene rings is 2. The Balaban J connectivity index is 1.52. The van der Waals surface area contributed by atoms with Crippen LogP contribution in [0.3, 0.4) is 0 Å². The molecule has 1 amide bonds. The summed E-state index contributed by atoms with van der Waals surface area (Å²) in [7, 11) is 0. The number of amides is 1. The lowest BCUT2D eigenvalue weighted by Gasteiger charge is -2.08. The molecule has 2 aromatic carbocycles. The number of thioether (sulfide) groups is 1. The van der Waals surface area contributed by atoms with Crippen LogP contribution in [0.1, 0.15) is 6.42 Å². The molecule has 0 fully saturated rings. The van der Waals surface area contributed by atoms with Gasteiger partial charge >= 0.3 is 0 Å². The third-order valence-corrected chi connectivity index (χ3v) is 4.90. The Labute approximate surface area is 154 Å². The van der Waals surface area contributed by atoms with Crippen LogP contribution in [-0.4, -0.2) is 28.0 Å². The Bertz CT molecular complexity index is 1010. The van der Waals surface area contributed by atoms with Gasteiger partial charge in [0.05, 0.1) is 17.3 Å². The van der Waals surface area contributed by atoms with Crippen molar-refractivity contribution in [2.75, 3.05) is 12.3 Å². The number of nitrogens with one attached hydrogen (secondary N) is 2. The van der Waals surface area contributed by atoms with E-state index in [0.717, 1.165) is 10.6 Å². The second-order valence-electron chi connectivity index (χ2n) is 5.70. The summed E-state index contributed by atoms with van der Waals surface area (Å²) in [6.45, 7) is 0.679. The van der Waals surface area contributed by atoms with Crippen LogP contribution in [0.5, 0.6) is 0 Å². The van der Waals surface area contributed by atoms with E-state index in [-0.39, 0.29) is 30.0 Å². The van der Waals surface area contributed by atoms with E-state index in [0.29, 0.717) is 17.3 Å². The van der Waals surface area contributed by atoms with E-state index in [1.54, 1.807) is 36.0 Å². The molecule has 0 unspecified atom stereocenters. The predicted molar refractivity (Wildman–Crippen MR) is 104 cm³/mol. The molecule has 134 valence electrons. The number of carbonyl (C=O) groups is 1. The highest BCUT2D eigenvalue weighted by molar-refractivity contribution is 7.99. The first-order chi connectivity index (χ1) is 12.6. The fraction of sp³-hybridized carbons (Fsp3) is 0.211. The van der Waals surface area contributed by atoms with Crippen molar-refractivity contribution < 1.29 is 4.79 Å². The molecule has 3 rings (SSSR count). The molecule has 0 aliphatic carbocycles. The summed E-state index contributed by atoms with van der Waals surface area (Å²) in [5, 5.41) is 6.07. The number of aryl methyl sites for hydroxylation is 1. The minimum absolute atomic E-state index is 0.129. The third-order valence-electron chi connectivity index (χ3n) is 3.88. The normalized spacial score (nSPS) is 10.8. The SMILES string of the molecule is O=C(CCn1[nH]c(=O)c2ccccc2c1=O)NCCSc1ccccc1. The van der Waals surface area contributed by atoms with Crippen LogP contribution in [-0.2, 0) is 11.3 Å². The smallest absolute Gasteiger partial charge is 0.273 e. The first kappa shape index (κ1) is 18.0. The Morgan fingerprint density at radius 3 is 2.46 bits per heavy atom. The molecule has 26 heavy (non-hydrogen) atoms. The summed E-state index contributed by atoms with van der Waals surface area (Å²) in [6, 6.07) is 16.6. The molecular weight excluding hydrogens is 350 g/mol. The van der Waals surface area contributed by atoms with Crippen molar-refractivity contribution in [3.05, 3.63) is 75.3 Å². The van der Waals surface area contributed by atoms with Gasteiger partial charge in [-0.1, -0.05) is 30.3 Å². The molecular formula is C19H19N3O3S. The fourth-order valence-electron chi connectivity index (χ4n) is 2.58. The number of hydrogen-bond acceptors (Lipinski definition) is 4. The Kier molecular flexibility index (Phi) is 5.91. The average molecular weight is 369 g/mol. The Morgan fingerprint density at radius 2 is 1.69 bits per heavy atom. The largest absolute Gasteiger partial charge is 0.355 e. The van der Waals surface area contributed by atoms with E-state index in [1.807, 2.05) is 30.3 Å². The molecule has 0 radical (unpaired) electrons. The highest BCUT2D eigenvalue weighted by Gasteiger charge is 2.08. The molecule has 3 aromatic rings. The van der Waals surface area contributed by atoms with Crippen molar-refractivity contribution in [1.29, 1.82) is 0 Å². The van der Waals surface area contributed by atoms with Gasteiger partial charge in [-0.25, -0.2) is 4.68 Å². The molecule has 1 heterocycles. The van der Waals surface area contributed by atoms with Gasteiger partial charge in [0, 0.05) is 23.6 Å². The standard InChI is InChI=1S/C19H19N3O3S/c23-17(20-11-13-26-14-6-2-1-3-7-14)10-12-22-19(25)16-9-5-4-8-15(16)18(24)21-22/h1-9H,10-13H2,(H,20,23)(H,21,24). The van der Waals surface area contributed by atoms with Crippen molar-refractivity contribution >= 4 is 28.4 Å². The highest BCUT2D eigenvalue weighted by Crippen LogP contribution is 2.15. The van der Waals surface area contributed by atoms with Crippen LogP contribution in [0, 0.1) is 0 Å². The quantitative estimate of drug-likeness (QED) is 0.493. The van der Waals surface area contributed by atoms with Crippen LogP contribution < -0.4 is 16.4 Å². The van der Waals surface area contributed by atoms with Gasteiger partial charge in [0.25, 0.3) is 11.1 Å². The number of rotatable bonds is 7. The molecule has 6 nitrogen and oxygen atoms in total. The van der Waals surface area contributed by atoms with Gasteiger partial charge in [-0.05, 0) is 24.3 Å². The summed E-state index contributed by atoms with van der Waals surface area (Å²) in [6.07, 6.45) is 0.129. The Hall–Kier alpha value is -2.80. The molecule has 0 aliphatic rings. The van der Waals surface area contributed by atoms with Crippen LogP contribution in [0.4, 0.5) is 0 Å². The molecule has 0 spiro atoms. The molecule has 2 N–H and O–H groups in total. The predicted octanol–water partition coefficient (Wildman–Crippen LogP) is 1.99. The monoisotopic (exact) mass is 369 g/mol. The third kappa shape index (κ3) is 4.43. The van der Waals surface area contributed by atoms with E-state index < -0.39 is 0 Å². The maximum Gasteiger partial charge on any atom is 0.273 e. The van der Waals surface area contributed by atoms with Crippen molar-refractivity contribution in [2.45, 2.75) is 17.9 Å². The minimum atomic E-state index is -0.333. The van der Waals surface area contributed by atoms with Gasteiger partial charge in [0.1, 0.15) is 0 Å². The molecule has 0 saturated heterocycles. The zero-order chi connectivity index (χ0) is 18.4. The van der Waals surface area contributed by atoms with E-state index in [9.17, 15) is 14.4 Å². The first-order valence-corrected chi connectivity index (χ1v) is 9.30. The van der Waals surface area contributed by atoms with Crippen LogP contribution in [0.25, 0.3) is 10.8 Å². The second kappa shape index (κ2) is 8.53. The van der Waals surface area contributed by atoms with Gasteiger partial charge < -0.3 is 5.32 Å². The number of H-pyrrole nitrogens is 1. The van der Waals surface area contributed by atoms with E-state index >= 15 is 0 Å². The van der Waals surface area contributed by atoms with Gasteiger partial charge in [-0.3, -0.25) is 19.5 Å². The first-order valence-electron chi connectivity index (χ1n) is 8.31. The lowest BCUT2D eigenvalue weighted by atomic mass is 10.2. The van der Waals surface area contributed by atoms with E-state index in [4.69, 9.17) is 0 Å². The average Bonchev–Trinajstić information content (AvgIpc) is 2.68. The topological polar surface area (TPSA) is 84.0 Å². The van der Waals surface area contributed by atoms with Crippen molar-refractivity contribution in [3.8, 4) is 0 Å². The molecule has 0 aliphatic heterocycles. The maximum atomic E-state index is 12.4. The maximum absolute atomic E-state index is 12.4. The van der Waals surface area contributed by atoms with Gasteiger partial charge in [0.15, 0.2) is 0 Å². The highest BCUT2D eigenvalue weighted by atomic mass is 32.2.